The van der Waals surface area contributed by atoms with Crippen LogP contribution in [0.3, 0.4) is 0 Å². The van der Waals surface area contributed by atoms with E-state index in [1.165, 1.54) is 7.11 Å². The van der Waals surface area contributed by atoms with Gasteiger partial charge in [0.05, 0.1) is 33.7 Å². The van der Waals surface area contributed by atoms with Crippen molar-refractivity contribution in [3.8, 4) is 0 Å². The number of ether oxygens (including phenoxy) is 1. The number of hydrogen-bond acceptors (Lipinski definition) is 6. The van der Waals surface area contributed by atoms with E-state index < -0.39 is 6.04 Å². The second kappa shape index (κ2) is 6.30. The lowest BCUT2D eigenvalue weighted by molar-refractivity contribution is -0.141. The maximum atomic E-state index is 11.9. The van der Waals surface area contributed by atoms with Crippen molar-refractivity contribution in [3.63, 3.8) is 0 Å². The summed E-state index contributed by atoms with van der Waals surface area (Å²) in [6, 6.07) is 3.38. The van der Waals surface area contributed by atoms with Crippen molar-refractivity contribution in [1.82, 2.24) is 4.98 Å². The predicted octanol–water partition coefficient (Wildman–Crippen LogP) is 3.19. The van der Waals surface area contributed by atoms with Crippen molar-refractivity contribution in [2.75, 3.05) is 18.2 Å². The molecule has 1 unspecified atom stereocenters. The molecule has 2 aromatic rings. The first-order chi connectivity index (χ1) is 9.90. The fourth-order valence-electron chi connectivity index (χ4n) is 2.25. The summed E-state index contributed by atoms with van der Waals surface area (Å²) >= 11 is 1.60. The molecular formula is C15H21N3O2S. The molecule has 2 rings (SSSR count). The maximum Gasteiger partial charge on any atom is 0.328 e. The van der Waals surface area contributed by atoms with E-state index in [9.17, 15) is 4.79 Å². The molecule has 0 fully saturated rings. The fourth-order valence-corrected chi connectivity index (χ4v) is 3.10. The largest absolute Gasteiger partial charge is 0.467 e. The summed E-state index contributed by atoms with van der Waals surface area (Å²) in [7, 11) is 1.40. The van der Waals surface area contributed by atoms with Crippen LogP contribution in [0.25, 0.3) is 10.2 Å². The molecular weight excluding hydrogens is 286 g/mol. The highest BCUT2D eigenvalue weighted by Crippen LogP contribution is 2.30. The van der Waals surface area contributed by atoms with Gasteiger partial charge < -0.3 is 15.8 Å². The quantitative estimate of drug-likeness (QED) is 0.655. The Hall–Kier alpha value is -1.82. The molecule has 1 aromatic carbocycles. The smallest absolute Gasteiger partial charge is 0.328 e. The first-order valence-corrected chi connectivity index (χ1v) is 7.73. The van der Waals surface area contributed by atoms with Crippen molar-refractivity contribution in [1.29, 1.82) is 0 Å². The highest BCUT2D eigenvalue weighted by atomic mass is 32.1. The van der Waals surface area contributed by atoms with E-state index in [0.717, 1.165) is 20.9 Å². The minimum Gasteiger partial charge on any atom is -0.467 e. The number of methoxy groups -OCH3 is 1. The normalized spacial score (nSPS) is 12.6. The molecule has 0 radical (unpaired) electrons. The molecule has 114 valence electrons. The summed E-state index contributed by atoms with van der Waals surface area (Å²) in [6.45, 7) is 6.09. The van der Waals surface area contributed by atoms with E-state index >= 15 is 0 Å². The summed E-state index contributed by atoms with van der Waals surface area (Å²) in [4.78, 5) is 16.3. The molecule has 1 aromatic heterocycles. The number of aromatic nitrogens is 1. The average molecular weight is 307 g/mol. The van der Waals surface area contributed by atoms with E-state index in [4.69, 9.17) is 10.5 Å². The molecule has 0 aliphatic heterocycles. The van der Waals surface area contributed by atoms with Crippen LogP contribution in [0.1, 0.15) is 25.3 Å². The predicted molar refractivity (Wildman–Crippen MR) is 87.7 cm³/mol. The standard InChI is InChI=1S/C15H21N3O2S/c1-8(2)5-13(15(19)20-4)18-11-7-12-14(6-10(11)16)21-9(3)17-12/h6-8,13,18H,5,16H2,1-4H3. The Morgan fingerprint density at radius 1 is 1.48 bits per heavy atom. The van der Waals surface area contributed by atoms with Gasteiger partial charge in [-0.2, -0.15) is 0 Å². The van der Waals surface area contributed by atoms with Crippen molar-refractivity contribution in [2.45, 2.75) is 33.2 Å². The van der Waals surface area contributed by atoms with Gasteiger partial charge in [0.1, 0.15) is 6.04 Å². The number of thiazole rings is 1. The second-order valence-electron chi connectivity index (χ2n) is 5.49. The van der Waals surface area contributed by atoms with Crippen LogP contribution in [0, 0.1) is 12.8 Å². The van der Waals surface area contributed by atoms with Crippen molar-refractivity contribution in [2.24, 2.45) is 5.92 Å². The number of aryl methyl sites for hydroxylation is 1. The number of esters is 1. The van der Waals surface area contributed by atoms with Crippen LogP contribution in [0.15, 0.2) is 12.1 Å². The number of carbonyl (C=O) groups excluding carboxylic acids is 1. The van der Waals surface area contributed by atoms with Crippen LogP contribution in [-0.4, -0.2) is 24.1 Å². The molecule has 1 atom stereocenters. The lowest BCUT2D eigenvalue weighted by Crippen LogP contribution is -2.32. The molecule has 1 heterocycles. The lowest BCUT2D eigenvalue weighted by atomic mass is 10.0. The number of hydrogen-bond donors (Lipinski definition) is 2. The lowest BCUT2D eigenvalue weighted by Gasteiger charge is -2.20. The molecule has 5 nitrogen and oxygen atoms in total. The van der Waals surface area contributed by atoms with Gasteiger partial charge in [-0.3, -0.25) is 0 Å². The minimum atomic E-state index is -0.408. The number of fused-ring (bicyclic) bond motifs is 1. The van der Waals surface area contributed by atoms with E-state index in [0.29, 0.717) is 18.0 Å². The SMILES string of the molecule is COC(=O)C(CC(C)C)Nc1cc2nc(C)sc2cc1N. The number of rotatable bonds is 5. The zero-order valence-corrected chi connectivity index (χ0v) is 13.6. The average Bonchev–Trinajstić information content (AvgIpc) is 2.76. The Morgan fingerprint density at radius 3 is 2.81 bits per heavy atom. The molecule has 0 amide bonds. The van der Waals surface area contributed by atoms with Gasteiger partial charge in [0.15, 0.2) is 0 Å². The number of nitrogen functional groups attached to an aromatic ring is 1. The number of nitrogens with zero attached hydrogens (tertiary/aromatic N) is 1. The fraction of sp³-hybridized carbons (Fsp3) is 0.467. The molecule has 0 spiro atoms. The molecule has 3 N–H and O–H groups in total. The Kier molecular flexibility index (Phi) is 4.67. The summed E-state index contributed by atoms with van der Waals surface area (Å²) in [5, 5.41) is 4.19. The summed E-state index contributed by atoms with van der Waals surface area (Å²) in [6.07, 6.45) is 0.681. The number of nitrogens with one attached hydrogen (secondary N) is 1. The highest BCUT2D eigenvalue weighted by Gasteiger charge is 2.21. The van der Waals surface area contributed by atoms with Gasteiger partial charge in [-0.15, -0.1) is 11.3 Å². The van der Waals surface area contributed by atoms with Gasteiger partial charge in [-0.05, 0) is 31.4 Å². The summed E-state index contributed by atoms with van der Waals surface area (Å²) in [5.74, 6) is 0.0886. The topological polar surface area (TPSA) is 77.2 Å². The van der Waals surface area contributed by atoms with E-state index in [2.05, 4.69) is 24.1 Å². The van der Waals surface area contributed by atoms with Crippen LogP contribution in [-0.2, 0) is 9.53 Å². The number of carbonyl (C=O) groups is 1. The first kappa shape index (κ1) is 15.6. The van der Waals surface area contributed by atoms with Crippen LogP contribution in [0.2, 0.25) is 0 Å². The molecule has 21 heavy (non-hydrogen) atoms. The Morgan fingerprint density at radius 2 is 2.19 bits per heavy atom. The van der Waals surface area contributed by atoms with Crippen molar-refractivity contribution < 1.29 is 9.53 Å². The molecule has 0 bridgehead atoms. The van der Waals surface area contributed by atoms with Gasteiger partial charge in [-0.25, -0.2) is 9.78 Å². The summed E-state index contributed by atoms with van der Waals surface area (Å²) in [5.41, 5.74) is 8.31. The van der Waals surface area contributed by atoms with Gasteiger partial charge in [-0.1, -0.05) is 13.8 Å². The molecule has 0 saturated carbocycles. The van der Waals surface area contributed by atoms with Crippen LogP contribution >= 0.6 is 11.3 Å². The molecule has 0 aliphatic rings. The summed E-state index contributed by atoms with van der Waals surface area (Å²) < 4.78 is 5.91. The van der Waals surface area contributed by atoms with Gasteiger partial charge in [0.25, 0.3) is 0 Å². The Bertz CT molecular complexity index is 652. The minimum absolute atomic E-state index is 0.280. The van der Waals surface area contributed by atoms with Crippen LogP contribution in [0.4, 0.5) is 11.4 Å². The monoisotopic (exact) mass is 307 g/mol. The number of nitrogens with two attached hydrogens (primary N) is 1. The third kappa shape index (κ3) is 3.64. The molecule has 0 aliphatic carbocycles. The zero-order valence-electron chi connectivity index (χ0n) is 12.8. The van der Waals surface area contributed by atoms with Crippen molar-refractivity contribution in [3.05, 3.63) is 17.1 Å². The number of anilines is 2. The van der Waals surface area contributed by atoms with Crippen LogP contribution < -0.4 is 11.1 Å². The van der Waals surface area contributed by atoms with Crippen molar-refractivity contribution >= 4 is 38.9 Å². The van der Waals surface area contributed by atoms with Gasteiger partial charge in [0.2, 0.25) is 0 Å². The molecule has 0 saturated heterocycles. The Balaban J connectivity index is 2.30. The van der Waals surface area contributed by atoms with E-state index in [1.54, 1.807) is 11.3 Å². The van der Waals surface area contributed by atoms with Gasteiger partial charge >= 0.3 is 5.97 Å². The molecule has 6 heteroatoms. The zero-order chi connectivity index (χ0) is 15.6. The van der Waals surface area contributed by atoms with Crippen LogP contribution in [0.5, 0.6) is 0 Å². The van der Waals surface area contributed by atoms with E-state index in [1.807, 2.05) is 19.1 Å². The second-order valence-corrected chi connectivity index (χ2v) is 6.72. The maximum absolute atomic E-state index is 11.9. The first-order valence-electron chi connectivity index (χ1n) is 6.91. The highest BCUT2D eigenvalue weighted by molar-refractivity contribution is 7.18. The number of benzene rings is 1. The third-order valence-electron chi connectivity index (χ3n) is 3.19. The third-order valence-corrected chi connectivity index (χ3v) is 4.12. The van der Waals surface area contributed by atoms with Gasteiger partial charge in [0, 0.05) is 0 Å². The van der Waals surface area contributed by atoms with E-state index in [-0.39, 0.29) is 5.97 Å². The Labute approximate surface area is 128 Å².